The highest BCUT2D eigenvalue weighted by Gasteiger charge is 2.50. The van der Waals surface area contributed by atoms with E-state index in [4.69, 9.17) is 16.2 Å². The molecule has 28 heteroatoms. The van der Waals surface area contributed by atoms with Crippen LogP contribution in [0.15, 0.2) is 58.5 Å². The fraction of sp³-hybridized carbons (Fsp3) is 0.524. The number of guanidine groups is 2. The second-order valence-electron chi connectivity index (χ2n) is 17.2. The number of ether oxygens (including phenoxy) is 1. The zero-order valence-electron chi connectivity index (χ0n) is 37.6. The normalized spacial score (nSPS) is 31.0. The van der Waals surface area contributed by atoms with Crippen LogP contribution in [0.4, 0.5) is 5.69 Å². The molecule has 4 heterocycles. The van der Waals surface area contributed by atoms with Crippen LogP contribution in [0, 0.1) is 10.1 Å². The van der Waals surface area contributed by atoms with E-state index in [2.05, 4.69) is 47.2 Å². The summed E-state index contributed by atoms with van der Waals surface area (Å²) in [5, 5.41) is 92.1. The third-order valence-corrected chi connectivity index (χ3v) is 12.4. The molecule has 0 spiro atoms. The fourth-order valence-corrected chi connectivity index (χ4v) is 8.50. The molecule has 4 aliphatic rings. The molecule has 0 saturated carbocycles. The average molecular weight is 984 g/mol. The molecule has 28 nitrogen and oxygen atoms in total. The number of nitro groups is 1. The first-order chi connectivity index (χ1) is 33.3. The number of phenols is 1. The number of hydrogen-bond donors (Lipinski definition) is 15. The first-order valence-corrected chi connectivity index (χ1v) is 22.2. The Labute approximate surface area is 398 Å². The lowest BCUT2D eigenvalue weighted by Gasteiger charge is -2.45. The molecular weight excluding hydrogens is 927 g/mol. The summed E-state index contributed by atoms with van der Waals surface area (Å²) in [6.45, 7) is -1.21. The van der Waals surface area contributed by atoms with E-state index in [-0.39, 0.29) is 37.0 Å². The highest BCUT2D eigenvalue weighted by Crippen LogP contribution is 2.30. The summed E-state index contributed by atoms with van der Waals surface area (Å²) in [4.78, 5) is 106. The van der Waals surface area contributed by atoms with Gasteiger partial charge in [-0.2, -0.15) is 0 Å². The number of carbonyl (C=O) groups excluding carboxylic acids is 6. The lowest BCUT2D eigenvalue weighted by atomic mass is 9.92. The summed E-state index contributed by atoms with van der Waals surface area (Å²) in [6.07, 6.45) is -9.64. The SMILES string of the molecule is CC(c1ccccc1)[C@@H]1NC(=O)CNC(=O)[C@H](CO)NC(=O)[C@@H](CC2CN=C(N)N2[C@H]2O[C@H](CO)[C@@H](O)[C@H](O)[C@@H]2O)NC(=O)[C@H](CC2CN=C(N)N2)NC(=O)[C@@H](Cc2ccc(O)c([N+](=O)[O-])c2)NC1=O. The minimum absolute atomic E-state index is 0.00861. The largest absolute Gasteiger partial charge is 0.502 e. The summed E-state index contributed by atoms with van der Waals surface area (Å²) in [5.41, 5.74) is 12.0. The van der Waals surface area contributed by atoms with E-state index in [0.29, 0.717) is 5.56 Å². The molecule has 0 aliphatic carbocycles. The van der Waals surface area contributed by atoms with E-state index < -0.39 is 163 Å². The van der Waals surface area contributed by atoms with Crippen LogP contribution in [-0.2, 0) is 39.9 Å². The Morgan fingerprint density at radius 3 is 2.04 bits per heavy atom. The van der Waals surface area contributed by atoms with Gasteiger partial charge in [-0.25, -0.2) is 0 Å². The molecule has 6 amide bonds. The highest BCUT2D eigenvalue weighted by molar-refractivity contribution is 5.98. The number of nitrogens with zero attached hydrogens (tertiary/aromatic N) is 4. The number of aliphatic hydroxyl groups is 5. The number of amides is 6. The van der Waals surface area contributed by atoms with Crippen LogP contribution in [-0.4, -0.2) is 194 Å². The number of carbonyl (C=O) groups is 6. The molecule has 70 heavy (non-hydrogen) atoms. The quantitative estimate of drug-likeness (QED) is 0.0694. The van der Waals surface area contributed by atoms with E-state index in [1.54, 1.807) is 37.3 Å². The molecule has 17 N–H and O–H groups in total. The molecule has 2 fully saturated rings. The zero-order chi connectivity index (χ0) is 51.0. The summed E-state index contributed by atoms with van der Waals surface area (Å²) in [5.74, 6) is -7.84. The number of benzene rings is 2. The topological polar surface area (TPSA) is 440 Å². The number of nitrogens with two attached hydrogens (primary N) is 2. The first kappa shape index (κ1) is 52.1. The van der Waals surface area contributed by atoms with Crippen LogP contribution >= 0.6 is 0 Å². The van der Waals surface area contributed by atoms with Crippen molar-refractivity contribution in [1.29, 1.82) is 0 Å². The van der Waals surface area contributed by atoms with E-state index in [9.17, 15) is 69.5 Å². The van der Waals surface area contributed by atoms with Crippen molar-refractivity contribution in [2.75, 3.05) is 32.8 Å². The fourth-order valence-electron chi connectivity index (χ4n) is 8.50. The monoisotopic (exact) mass is 983 g/mol. The van der Waals surface area contributed by atoms with Crippen molar-refractivity contribution in [3.05, 3.63) is 69.8 Å². The molecule has 2 aromatic rings. The Bertz CT molecular complexity index is 2340. The molecule has 4 aliphatic heterocycles. The number of aliphatic hydroxyl groups excluding tert-OH is 5. The van der Waals surface area contributed by atoms with Crippen molar-refractivity contribution in [2.45, 2.75) is 105 Å². The van der Waals surface area contributed by atoms with Gasteiger partial charge < -0.3 is 89.0 Å². The van der Waals surface area contributed by atoms with E-state index >= 15 is 0 Å². The number of nitrogens with one attached hydrogen (secondary N) is 7. The van der Waals surface area contributed by atoms with Gasteiger partial charge in [-0.15, -0.1) is 0 Å². The third-order valence-electron chi connectivity index (χ3n) is 12.4. The van der Waals surface area contributed by atoms with Gasteiger partial charge in [-0.1, -0.05) is 43.3 Å². The van der Waals surface area contributed by atoms with Gasteiger partial charge >= 0.3 is 5.69 Å². The van der Waals surface area contributed by atoms with Gasteiger partial charge in [-0.05, 0) is 30.0 Å². The lowest BCUT2D eigenvalue weighted by molar-refractivity contribution is -0.385. The Hall–Kier alpha value is -7.24. The van der Waals surface area contributed by atoms with E-state index in [1.807, 2.05) is 0 Å². The van der Waals surface area contributed by atoms with Gasteiger partial charge in [0.15, 0.2) is 23.9 Å². The summed E-state index contributed by atoms with van der Waals surface area (Å²) >= 11 is 0. The van der Waals surface area contributed by atoms with Crippen LogP contribution < -0.4 is 48.7 Å². The van der Waals surface area contributed by atoms with Crippen LogP contribution in [0.1, 0.15) is 36.8 Å². The van der Waals surface area contributed by atoms with Crippen molar-refractivity contribution in [3.8, 4) is 5.75 Å². The Kier molecular flexibility index (Phi) is 17.1. The third kappa shape index (κ3) is 12.3. The van der Waals surface area contributed by atoms with Crippen molar-refractivity contribution < 1.29 is 69.1 Å². The predicted octanol–water partition coefficient (Wildman–Crippen LogP) is -6.94. The van der Waals surface area contributed by atoms with Gasteiger partial charge in [0.25, 0.3) is 0 Å². The molecule has 3 unspecified atom stereocenters. The molecule has 6 rings (SSSR count). The molecule has 380 valence electrons. The number of rotatable bonds is 12. The maximum absolute atomic E-state index is 14.7. The molecule has 0 radical (unpaired) electrons. The number of aromatic hydroxyl groups is 1. The summed E-state index contributed by atoms with van der Waals surface area (Å²) in [6, 6.07) is 1.74. The molecular formula is C42H57N13O15. The van der Waals surface area contributed by atoms with E-state index in [0.717, 1.165) is 17.0 Å². The minimum Gasteiger partial charge on any atom is -0.502 e. The van der Waals surface area contributed by atoms with Gasteiger partial charge in [0.1, 0.15) is 54.6 Å². The van der Waals surface area contributed by atoms with Crippen molar-refractivity contribution in [1.82, 2.24) is 42.1 Å². The number of nitro benzene ring substituents is 1. The van der Waals surface area contributed by atoms with Gasteiger partial charge in [0, 0.05) is 18.4 Å². The molecule has 13 atom stereocenters. The molecule has 2 saturated heterocycles. The maximum atomic E-state index is 14.7. The Morgan fingerprint density at radius 2 is 1.41 bits per heavy atom. The molecule has 0 aromatic heterocycles. The maximum Gasteiger partial charge on any atom is 0.310 e. The Balaban J connectivity index is 1.39. The van der Waals surface area contributed by atoms with Gasteiger partial charge in [0.2, 0.25) is 35.4 Å². The average Bonchev–Trinajstić information content (AvgIpc) is 3.93. The van der Waals surface area contributed by atoms with Crippen LogP contribution in [0.3, 0.4) is 0 Å². The smallest absolute Gasteiger partial charge is 0.310 e. The molecule has 2 aromatic carbocycles. The van der Waals surface area contributed by atoms with Gasteiger partial charge in [-0.3, -0.25) is 48.9 Å². The van der Waals surface area contributed by atoms with E-state index in [1.165, 1.54) is 6.07 Å². The lowest BCUT2D eigenvalue weighted by Crippen LogP contribution is -2.66. The van der Waals surface area contributed by atoms with Crippen LogP contribution in [0.25, 0.3) is 0 Å². The molecule has 0 bridgehead atoms. The number of aliphatic imine (C=N–C) groups is 2. The zero-order valence-corrected chi connectivity index (χ0v) is 37.6. The minimum atomic E-state index is -1.85. The van der Waals surface area contributed by atoms with Crippen molar-refractivity contribution in [2.24, 2.45) is 21.5 Å². The highest BCUT2D eigenvalue weighted by atomic mass is 16.6. The standard InChI is InChI=1S/C42H57N13O15/c1-18(20-5-3-2-4-6-20)31-39(67)51-23(9-19-7-8-28(58)27(10-19)55(68)69)36(64)49-24(11-21-13-46-41(43)48-21)37(65)50-25(38(66)52-26(16-56)35(63)45-15-30(59)53-31)12-22-14-47-42(44)54(22)40-34(62)33(61)32(60)29(17-57)70-40/h2-8,10,18,21-26,29,31-34,40,56-58,60-62H,9,11-17H2,1H3,(H2,44,47)(H,45,63)(H,49,64)(H,50,65)(H,51,67)(H,52,66)(H,53,59)(H3,43,46,48)/t18?,21?,22?,23-,24+,25-,26+,29-,31+,32-,33+,34+,40+/m1/s1. The number of hydrogen-bond acceptors (Lipinski definition) is 21. The second-order valence-corrected chi connectivity index (χ2v) is 17.2. The first-order valence-electron chi connectivity index (χ1n) is 22.2. The van der Waals surface area contributed by atoms with Crippen LogP contribution in [0.5, 0.6) is 5.75 Å². The van der Waals surface area contributed by atoms with Crippen molar-refractivity contribution in [3.63, 3.8) is 0 Å². The second kappa shape index (κ2) is 22.9. The Morgan fingerprint density at radius 1 is 0.771 bits per heavy atom. The predicted molar refractivity (Wildman–Crippen MR) is 242 cm³/mol. The summed E-state index contributed by atoms with van der Waals surface area (Å²) in [7, 11) is 0. The van der Waals surface area contributed by atoms with Crippen LogP contribution in [0.2, 0.25) is 0 Å². The number of phenolic OH excluding ortho intramolecular Hbond substituents is 1. The van der Waals surface area contributed by atoms with Crippen molar-refractivity contribution >= 4 is 53.0 Å². The van der Waals surface area contributed by atoms with Gasteiger partial charge in [0.05, 0.1) is 49.9 Å². The summed E-state index contributed by atoms with van der Waals surface area (Å²) < 4.78 is 5.72.